The Labute approximate surface area is 192 Å². The van der Waals surface area contributed by atoms with Gasteiger partial charge in [-0.2, -0.15) is 0 Å². The van der Waals surface area contributed by atoms with Crippen LogP contribution in [0.3, 0.4) is 0 Å². The summed E-state index contributed by atoms with van der Waals surface area (Å²) < 4.78 is 4.73. The number of nitrogens with two attached hydrogens (primary N) is 1. The van der Waals surface area contributed by atoms with E-state index in [1.165, 1.54) is 12.1 Å². The summed E-state index contributed by atoms with van der Waals surface area (Å²) >= 11 is 5.27. The van der Waals surface area contributed by atoms with Crippen LogP contribution in [-0.2, 0) is 10.2 Å². The number of halogens is 1. The Balaban J connectivity index is 0.000000202. The molecular weight excluding hydrogens is 430 g/mol. The van der Waals surface area contributed by atoms with E-state index in [4.69, 9.17) is 27.2 Å². The van der Waals surface area contributed by atoms with Crippen molar-refractivity contribution in [2.75, 3.05) is 18.2 Å². The van der Waals surface area contributed by atoms with Gasteiger partial charge in [0, 0.05) is 11.1 Å². The predicted octanol–water partition coefficient (Wildman–Crippen LogP) is 5.01. The molecule has 1 fully saturated rings. The van der Waals surface area contributed by atoms with Crippen molar-refractivity contribution in [2.45, 2.75) is 25.4 Å². The predicted molar refractivity (Wildman–Crippen MR) is 127 cm³/mol. The highest BCUT2D eigenvalue weighted by Crippen LogP contribution is 2.32. The Morgan fingerprint density at radius 1 is 0.938 bits per heavy atom. The van der Waals surface area contributed by atoms with Crippen LogP contribution in [0.1, 0.15) is 35.3 Å². The summed E-state index contributed by atoms with van der Waals surface area (Å²) in [6, 6.07) is 20.5. The van der Waals surface area contributed by atoms with Crippen molar-refractivity contribution in [3.63, 3.8) is 0 Å². The van der Waals surface area contributed by atoms with Gasteiger partial charge in [-0.3, -0.25) is 0 Å². The van der Waals surface area contributed by atoms with Crippen LogP contribution in [-0.4, -0.2) is 39.9 Å². The molecular formula is C25H28ClNO5. The molecule has 32 heavy (non-hydrogen) atoms. The van der Waals surface area contributed by atoms with Gasteiger partial charge in [-0.1, -0.05) is 38.1 Å². The summed E-state index contributed by atoms with van der Waals surface area (Å²) in [5.41, 5.74) is 8.27. The fourth-order valence-corrected chi connectivity index (χ4v) is 2.88. The molecule has 1 aliphatic heterocycles. The number of aromatic hydroxyl groups is 2. The summed E-state index contributed by atoms with van der Waals surface area (Å²) in [5.74, 6) is 0.283. The molecule has 0 bridgehead atoms. The van der Waals surface area contributed by atoms with Gasteiger partial charge in [0.05, 0.1) is 24.2 Å². The van der Waals surface area contributed by atoms with Crippen molar-refractivity contribution in [1.29, 1.82) is 0 Å². The SMILES string of the molecule is CC(C)(c1ccc(O)cc1)c1ccc(O)cc1.ClCC1CO1.Nc1ccc(C(=O)O)cc1. The molecule has 3 aromatic carbocycles. The monoisotopic (exact) mass is 457 g/mol. The molecule has 1 aliphatic rings. The maximum atomic E-state index is 10.3. The minimum Gasteiger partial charge on any atom is -0.508 e. The highest BCUT2D eigenvalue weighted by molar-refractivity contribution is 6.18. The van der Waals surface area contributed by atoms with Gasteiger partial charge >= 0.3 is 5.97 Å². The Kier molecular flexibility index (Phi) is 8.93. The lowest BCUT2D eigenvalue weighted by molar-refractivity contribution is 0.0697. The molecule has 1 saturated heterocycles. The number of hydrogen-bond donors (Lipinski definition) is 4. The molecule has 0 aromatic heterocycles. The molecule has 1 atom stereocenters. The fourth-order valence-electron chi connectivity index (χ4n) is 2.71. The number of ether oxygens (including phenoxy) is 1. The zero-order chi connectivity index (χ0) is 23.7. The van der Waals surface area contributed by atoms with Crippen molar-refractivity contribution in [3.05, 3.63) is 89.5 Å². The molecule has 170 valence electrons. The smallest absolute Gasteiger partial charge is 0.335 e. The number of carbonyl (C=O) groups is 1. The van der Waals surface area contributed by atoms with Crippen molar-refractivity contribution < 1.29 is 24.9 Å². The molecule has 0 spiro atoms. The van der Waals surface area contributed by atoms with Gasteiger partial charge in [0.15, 0.2) is 0 Å². The highest BCUT2D eigenvalue weighted by Gasteiger charge is 2.22. The van der Waals surface area contributed by atoms with Crippen LogP contribution in [0.15, 0.2) is 72.8 Å². The van der Waals surface area contributed by atoms with Gasteiger partial charge in [-0.25, -0.2) is 4.79 Å². The lowest BCUT2D eigenvalue weighted by Crippen LogP contribution is -2.18. The minimum absolute atomic E-state index is 0.151. The van der Waals surface area contributed by atoms with Gasteiger partial charge in [-0.05, 0) is 59.7 Å². The van der Waals surface area contributed by atoms with Gasteiger partial charge < -0.3 is 25.8 Å². The minimum atomic E-state index is -0.931. The van der Waals surface area contributed by atoms with Gasteiger partial charge in [0.2, 0.25) is 0 Å². The molecule has 3 aromatic rings. The molecule has 0 amide bonds. The van der Waals surface area contributed by atoms with Crippen LogP contribution in [0, 0.1) is 0 Å². The van der Waals surface area contributed by atoms with Crippen molar-refractivity contribution in [3.8, 4) is 11.5 Å². The van der Waals surface area contributed by atoms with E-state index in [0.717, 1.165) is 17.7 Å². The first-order valence-electron chi connectivity index (χ1n) is 9.99. The van der Waals surface area contributed by atoms with Gasteiger partial charge in [0.1, 0.15) is 11.5 Å². The molecule has 1 unspecified atom stereocenters. The van der Waals surface area contributed by atoms with Crippen LogP contribution in [0.4, 0.5) is 5.69 Å². The standard InChI is InChI=1S/C15H16O2.C7H7NO2.C3H5ClO/c1-15(2,11-3-7-13(16)8-4-11)12-5-9-14(17)10-6-12;8-6-3-1-5(2-4-6)7(9)10;4-1-3-2-5-3/h3-10,16-17H,1-2H3;1-4H,8H2,(H,9,10);3H,1-2H2. The van der Waals surface area contributed by atoms with E-state index in [-0.39, 0.29) is 22.5 Å². The second-order valence-electron chi connectivity index (χ2n) is 7.76. The van der Waals surface area contributed by atoms with Crippen LogP contribution in [0.2, 0.25) is 0 Å². The first-order valence-corrected chi connectivity index (χ1v) is 10.5. The van der Waals surface area contributed by atoms with E-state index in [9.17, 15) is 15.0 Å². The number of phenolic OH excluding ortho intramolecular Hbond substituents is 2. The van der Waals surface area contributed by atoms with Crippen molar-refractivity contribution >= 4 is 23.3 Å². The Morgan fingerprint density at radius 3 is 1.62 bits per heavy atom. The van der Waals surface area contributed by atoms with E-state index in [1.807, 2.05) is 24.3 Å². The fraction of sp³-hybridized carbons (Fsp3) is 0.240. The topological polar surface area (TPSA) is 116 Å². The molecule has 0 aliphatic carbocycles. The number of benzene rings is 3. The summed E-state index contributed by atoms with van der Waals surface area (Å²) in [4.78, 5) is 10.3. The van der Waals surface area contributed by atoms with E-state index in [0.29, 0.717) is 17.7 Å². The maximum absolute atomic E-state index is 10.3. The first-order chi connectivity index (χ1) is 15.1. The maximum Gasteiger partial charge on any atom is 0.335 e. The van der Waals surface area contributed by atoms with E-state index < -0.39 is 5.97 Å². The number of rotatable bonds is 4. The van der Waals surface area contributed by atoms with Gasteiger partial charge in [-0.15, -0.1) is 11.6 Å². The molecule has 0 saturated carbocycles. The second-order valence-corrected chi connectivity index (χ2v) is 8.06. The molecule has 0 radical (unpaired) electrons. The average molecular weight is 458 g/mol. The number of carboxylic acids is 1. The van der Waals surface area contributed by atoms with Crippen molar-refractivity contribution in [2.24, 2.45) is 0 Å². The van der Waals surface area contributed by atoms with Crippen LogP contribution in [0.25, 0.3) is 0 Å². The quantitative estimate of drug-likeness (QED) is 0.248. The number of anilines is 1. The number of epoxide rings is 1. The lowest BCUT2D eigenvalue weighted by atomic mass is 9.78. The highest BCUT2D eigenvalue weighted by atomic mass is 35.5. The summed E-state index contributed by atoms with van der Waals surface area (Å²) in [6.45, 7) is 5.11. The molecule has 7 heteroatoms. The zero-order valence-electron chi connectivity index (χ0n) is 18.0. The molecule has 6 nitrogen and oxygen atoms in total. The Morgan fingerprint density at radius 2 is 1.34 bits per heavy atom. The summed E-state index contributed by atoms with van der Waals surface area (Å²) in [5, 5.41) is 27.0. The number of carboxylic acid groups (broad SMARTS) is 1. The number of nitrogen functional groups attached to an aromatic ring is 1. The second kappa shape index (κ2) is 11.4. The van der Waals surface area contributed by atoms with E-state index in [2.05, 4.69) is 13.8 Å². The first kappa shape index (κ1) is 25.0. The largest absolute Gasteiger partial charge is 0.508 e. The van der Waals surface area contributed by atoms with E-state index >= 15 is 0 Å². The number of phenols is 2. The zero-order valence-corrected chi connectivity index (χ0v) is 18.8. The van der Waals surface area contributed by atoms with Crippen LogP contribution < -0.4 is 5.73 Å². The van der Waals surface area contributed by atoms with Crippen LogP contribution in [0.5, 0.6) is 11.5 Å². The third-order valence-electron chi connectivity index (χ3n) is 4.91. The van der Waals surface area contributed by atoms with Gasteiger partial charge in [0.25, 0.3) is 0 Å². The number of alkyl halides is 1. The number of aromatic carboxylic acids is 1. The third kappa shape index (κ3) is 7.80. The Hall–Kier alpha value is -3.22. The summed E-state index contributed by atoms with van der Waals surface area (Å²) in [6.07, 6.45) is 0.400. The molecule has 4 rings (SSSR count). The average Bonchev–Trinajstić information content (AvgIpc) is 3.60. The molecule has 5 N–H and O–H groups in total. The lowest BCUT2D eigenvalue weighted by Gasteiger charge is -2.26. The Bertz CT molecular complexity index is 935. The summed E-state index contributed by atoms with van der Waals surface area (Å²) in [7, 11) is 0. The van der Waals surface area contributed by atoms with E-state index in [1.54, 1.807) is 36.4 Å². The molecule has 1 heterocycles. The third-order valence-corrected chi connectivity index (χ3v) is 5.25. The normalized spacial score (nSPS) is 14.3. The van der Waals surface area contributed by atoms with Crippen molar-refractivity contribution in [1.82, 2.24) is 0 Å². The number of hydrogen-bond acceptors (Lipinski definition) is 5. The van der Waals surface area contributed by atoms with Crippen LogP contribution >= 0.6 is 11.6 Å².